The molecule has 0 nitrogen and oxygen atoms in total. The van der Waals surface area contributed by atoms with Crippen molar-refractivity contribution in [1.82, 2.24) is 0 Å². The first-order valence-electron chi connectivity index (χ1n) is 13.5. The number of hydrogen-bond donors (Lipinski definition) is 0. The van der Waals surface area contributed by atoms with Crippen LogP contribution in [-0.4, -0.2) is 0 Å². The Morgan fingerprint density at radius 2 is 1.39 bits per heavy atom. The summed E-state index contributed by atoms with van der Waals surface area (Å²) >= 11 is 0. The molecule has 1 aromatic carbocycles. The maximum atomic E-state index is 14.6. The Labute approximate surface area is 189 Å². The first kappa shape index (κ1) is 23.2. The zero-order valence-electron chi connectivity index (χ0n) is 20.0. The zero-order chi connectivity index (χ0) is 21.8. The second-order valence-electron chi connectivity index (χ2n) is 11.5. The van der Waals surface area contributed by atoms with Gasteiger partial charge in [0.1, 0.15) is 11.6 Å². The lowest BCUT2D eigenvalue weighted by atomic mass is 9.63. The highest BCUT2D eigenvalue weighted by Gasteiger charge is 2.36. The van der Waals surface area contributed by atoms with Gasteiger partial charge in [-0.05, 0) is 98.1 Å². The largest absolute Gasteiger partial charge is 0.207 e. The van der Waals surface area contributed by atoms with Crippen molar-refractivity contribution in [2.75, 3.05) is 0 Å². The number of unbranched alkanes of at least 4 members (excludes halogenated alkanes) is 1. The van der Waals surface area contributed by atoms with Gasteiger partial charge in [-0.1, -0.05) is 65.2 Å². The summed E-state index contributed by atoms with van der Waals surface area (Å²) in [6, 6.07) is 3.32. The summed E-state index contributed by atoms with van der Waals surface area (Å²) in [5.41, 5.74) is 1.22. The molecule has 0 aliphatic heterocycles. The topological polar surface area (TPSA) is 0 Å². The Bertz CT molecular complexity index is 680. The Morgan fingerprint density at radius 1 is 0.774 bits per heavy atom. The third-order valence-corrected chi connectivity index (χ3v) is 9.26. The number of hydrogen-bond acceptors (Lipinski definition) is 0. The highest BCUT2D eigenvalue weighted by atomic mass is 19.1. The van der Waals surface area contributed by atoms with E-state index in [-0.39, 0.29) is 11.6 Å². The molecule has 0 N–H and O–H groups in total. The molecule has 0 saturated heterocycles. The minimum atomic E-state index is -0.314. The van der Waals surface area contributed by atoms with Gasteiger partial charge in [-0.2, -0.15) is 0 Å². The fourth-order valence-electron chi connectivity index (χ4n) is 7.09. The molecule has 174 valence electrons. The number of benzene rings is 1. The van der Waals surface area contributed by atoms with E-state index < -0.39 is 0 Å². The van der Waals surface area contributed by atoms with Crippen molar-refractivity contribution in [3.05, 3.63) is 34.9 Å². The summed E-state index contributed by atoms with van der Waals surface area (Å²) in [7, 11) is 0. The van der Waals surface area contributed by atoms with Crippen LogP contribution in [0.4, 0.5) is 8.78 Å². The molecule has 3 fully saturated rings. The van der Waals surface area contributed by atoms with E-state index in [0.717, 1.165) is 60.8 Å². The summed E-state index contributed by atoms with van der Waals surface area (Å²) in [6.07, 6.45) is 18.7. The molecule has 31 heavy (non-hydrogen) atoms. The molecule has 4 atom stereocenters. The molecule has 0 amide bonds. The maximum absolute atomic E-state index is 14.6. The fraction of sp³-hybridized carbons (Fsp3) is 0.793. The van der Waals surface area contributed by atoms with E-state index in [1.807, 2.05) is 0 Å². The Balaban J connectivity index is 1.28. The average molecular weight is 431 g/mol. The lowest BCUT2D eigenvalue weighted by Gasteiger charge is -2.43. The number of halogens is 2. The minimum Gasteiger partial charge on any atom is -0.207 e. The summed E-state index contributed by atoms with van der Waals surface area (Å²) < 4.78 is 29.2. The van der Waals surface area contributed by atoms with Gasteiger partial charge in [-0.15, -0.1) is 0 Å². The highest BCUT2D eigenvalue weighted by Crippen LogP contribution is 2.49. The van der Waals surface area contributed by atoms with E-state index in [1.165, 1.54) is 64.2 Å². The van der Waals surface area contributed by atoms with Gasteiger partial charge in [0.25, 0.3) is 0 Å². The summed E-state index contributed by atoms with van der Waals surface area (Å²) in [5.74, 6) is 4.25. The quantitative estimate of drug-likeness (QED) is 0.404. The zero-order valence-corrected chi connectivity index (χ0v) is 20.0. The third kappa shape index (κ3) is 5.91. The first-order chi connectivity index (χ1) is 15.0. The van der Waals surface area contributed by atoms with Crippen LogP contribution in [0.25, 0.3) is 0 Å². The van der Waals surface area contributed by atoms with Crippen molar-refractivity contribution in [2.24, 2.45) is 29.6 Å². The number of fused-ring (bicyclic) bond motifs is 1. The molecule has 4 rings (SSSR count). The van der Waals surface area contributed by atoms with Crippen molar-refractivity contribution in [1.29, 1.82) is 0 Å². The smallest absolute Gasteiger partial charge is 0.129 e. The van der Waals surface area contributed by atoms with Crippen LogP contribution >= 0.6 is 0 Å². The lowest BCUT2D eigenvalue weighted by molar-refractivity contribution is 0.109. The van der Waals surface area contributed by atoms with Gasteiger partial charge in [-0.25, -0.2) is 8.78 Å². The van der Waals surface area contributed by atoms with E-state index in [9.17, 15) is 8.78 Å². The minimum absolute atomic E-state index is 0.298. The molecule has 0 aromatic heterocycles. The van der Waals surface area contributed by atoms with Crippen LogP contribution in [-0.2, 0) is 6.42 Å². The third-order valence-electron chi connectivity index (χ3n) is 9.26. The molecule has 0 heterocycles. The molecule has 3 saturated carbocycles. The van der Waals surface area contributed by atoms with E-state index in [1.54, 1.807) is 12.1 Å². The lowest BCUT2D eigenvalue weighted by Crippen LogP contribution is -2.30. The van der Waals surface area contributed by atoms with Gasteiger partial charge in [0.2, 0.25) is 0 Å². The van der Waals surface area contributed by atoms with E-state index in [2.05, 4.69) is 13.8 Å². The summed E-state index contributed by atoms with van der Waals surface area (Å²) in [6.45, 7) is 4.48. The van der Waals surface area contributed by atoms with Crippen LogP contribution in [0, 0.1) is 41.2 Å². The van der Waals surface area contributed by atoms with Crippen LogP contribution < -0.4 is 0 Å². The van der Waals surface area contributed by atoms with Gasteiger partial charge in [0.15, 0.2) is 0 Å². The Kier molecular flexibility index (Phi) is 8.10. The predicted octanol–water partition coefficient (Wildman–Crippen LogP) is 9.21. The number of rotatable bonds is 7. The SMILES string of the molecule is CCCCc1c(F)cc(C2CCC3CC(CCC4CCC(C)CC4)CCC3C2)cc1F. The predicted molar refractivity (Wildman–Crippen MR) is 126 cm³/mol. The van der Waals surface area contributed by atoms with Crippen LogP contribution in [0.2, 0.25) is 0 Å². The Hall–Kier alpha value is -0.920. The second kappa shape index (κ2) is 10.8. The normalized spacial score (nSPS) is 33.8. The van der Waals surface area contributed by atoms with Gasteiger partial charge in [0, 0.05) is 5.56 Å². The standard InChI is InChI=1S/C29H44F2/c1-3-4-5-27-28(30)18-26(19-29(27)31)25-15-14-23-16-22(12-13-24(23)17-25)11-10-21-8-6-20(2)7-9-21/h18-25H,3-17H2,1-2H3. The molecular weight excluding hydrogens is 386 g/mol. The van der Waals surface area contributed by atoms with Crippen molar-refractivity contribution in [3.63, 3.8) is 0 Å². The van der Waals surface area contributed by atoms with Gasteiger partial charge < -0.3 is 0 Å². The van der Waals surface area contributed by atoms with E-state index in [4.69, 9.17) is 0 Å². The summed E-state index contributed by atoms with van der Waals surface area (Å²) in [5, 5.41) is 0. The van der Waals surface area contributed by atoms with Gasteiger partial charge in [-0.3, -0.25) is 0 Å². The van der Waals surface area contributed by atoms with Crippen LogP contribution in [0.3, 0.4) is 0 Å². The second-order valence-corrected chi connectivity index (χ2v) is 11.5. The van der Waals surface area contributed by atoms with Crippen LogP contribution in [0.1, 0.15) is 121 Å². The van der Waals surface area contributed by atoms with E-state index in [0.29, 0.717) is 17.9 Å². The van der Waals surface area contributed by atoms with Crippen LogP contribution in [0.5, 0.6) is 0 Å². The molecule has 0 radical (unpaired) electrons. The first-order valence-corrected chi connectivity index (χ1v) is 13.5. The molecule has 0 spiro atoms. The van der Waals surface area contributed by atoms with Crippen LogP contribution in [0.15, 0.2) is 12.1 Å². The molecule has 1 aromatic rings. The van der Waals surface area contributed by atoms with Crippen molar-refractivity contribution in [2.45, 2.75) is 116 Å². The monoisotopic (exact) mass is 430 g/mol. The van der Waals surface area contributed by atoms with E-state index >= 15 is 0 Å². The van der Waals surface area contributed by atoms with Crippen molar-refractivity contribution >= 4 is 0 Å². The van der Waals surface area contributed by atoms with Crippen molar-refractivity contribution in [3.8, 4) is 0 Å². The van der Waals surface area contributed by atoms with Gasteiger partial charge in [0.05, 0.1) is 0 Å². The molecule has 3 aliphatic carbocycles. The molecule has 3 aliphatic rings. The average Bonchev–Trinajstić information content (AvgIpc) is 2.77. The molecular formula is C29H44F2. The Morgan fingerprint density at radius 3 is 2.10 bits per heavy atom. The van der Waals surface area contributed by atoms with Crippen molar-refractivity contribution < 1.29 is 8.78 Å². The molecule has 0 bridgehead atoms. The molecule has 4 unspecified atom stereocenters. The molecule has 2 heteroatoms. The fourth-order valence-corrected chi connectivity index (χ4v) is 7.09. The maximum Gasteiger partial charge on any atom is 0.129 e. The summed E-state index contributed by atoms with van der Waals surface area (Å²) in [4.78, 5) is 0. The van der Waals surface area contributed by atoms with Gasteiger partial charge >= 0.3 is 0 Å². The highest BCUT2D eigenvalue weighted by molar-refractivity contribution is 5.29.